The Morgan fingerprint density at radius 3 is 2.40 bits per heavy atom. The first-order valence-corrected chi connectivity index (χ1v) is 12.3. The molecule has 4 saturated carbocycles. The van der Waals surface area contributed by atoms with Gasteiger partial charge in [-0.05, 0) is 82.6 Å². The largest absolute Gasteiger partial charge is 0.350 e. The summed E-state index contributed by atoms with van der Waals surface area (Å²) in [6.07, 6.45) is 7.72. The molecule has 160 valence electrons. The van der Waals surface area contributed by atoms with Gasteiger partial charge >= 0.3 is 0 Å². The van der Waals surface area contributed by atoms with Crippen molar-refractivity contribution in [3.8, 4) is 11.4 Å². The molecule has 1 amide bonds. The van der Waals surface area contributed by atoms with Crippen molar-refractivity contribution < 1.29 is 4.79 Å². The van der Waals surface area contributed by atoms with Crippen LogP contribution >= 0.6 is 11.8 Å². The summed E-state index contributed by atoms with van der Waals surface area (Å²) in [5, 5.41) is 13.1. The molecule has 0 saturated heterocycles. The highest BCUT2D eigenvalue weighted by Crippen LogP contribution is 2.55. The molecule has 4 aliphatic rings. The molecule has 0 radical (unpaired) electrons. The zero-order valence-electron chi connectivity index (χ0n) is 18.2. The molecule has 1 aromatic heterocycles. The maximum absolute atomic E-state index is 13.2. The highest BCUT2D eigenvalue weighted by Gasteiger charge is 2.51. The topological polar surface area (TPSA) is 59.8 Å². The molecule has 1 aromatic carbocycles. The van der Waals surface area contributed by atoms with E-state index in [4.69, 9.17) is 0 Å². The average molecular weight is 425 g/mol. The molecule has 1 N–H and O–H groups in total. The third-order valence-electron chi connectivity index (χ3n) is 7.50. The smallest absolute Gasteiger partial charge is 0.233 e. The first-order valence-electron chi connectivity index (χ1n) is 11.4. The second-order valence-electron chi connectivity index (χ2n) is 9.81. The van der Waals surface area contributed by atoms with Gasteiger partial charge in [0.2, 0.25) is 5.91 Å². The number of nitrogens with one attached hydrogen (secondary N) is 1. The monoisotopic (exact) mass is 424 g/mol. The predicted molar refractivity (Wildman–Crippen MR) is 120 cm³/mol. The third-order valence-corrected chi connectivity index (χ3v) is 8.58. The van der Waals surface area contributed by atoms with Crippen LogP contribution in [-0.2, 0) is 11.3 Å². The Morgan fingerprint density at radius 1 is 1.17 bits per heavy atom. The Bertz CT molecular complexity index is 917. The highest BCUT2D eigenvalue weighted by atomic mass is 32.2. The Labute approximate surface area is 183 Å². The minimum Gasteiger partial charge on any atom is -0.350 e. The Kier molecular flexibility index (Phi) is 5.16. The fourth-order valence-corrected chi connectivity index (χ4v) is 7.44. The van der Waals surface area contributed by atoms with Crippen LogP contribution in [0.15, 0.2) is 29.4 Å². The molecule has 4 bridgehead atoms. The van der Waals surface area contributed by atoms with E-state index in [0.29, 0.717) is 0 Å². The van der Waals surface area contributed by atoms with E-state index in [1.807, 2.05) is 19.1 Å². The van der Waals surface area contributed by atoms with Gasteiger partial charge in [0.25, 0.3) is 0 Å². The van der Waals surface area contributed by atoms with Gasteiger partial charge in [0.15, 0.2) is 11.0 Å². The van der Waals surface area contributed by atoms with Crippen molar-refractivity contribution in [2.45, 2.75) is 81.8 Å². The number of hydrogen-bond acceptors (Lipinski definition) is 4. The lowest BCUT2D eigenvalue weighted by Crippen LogP contribution is -2.60. The summed E-state index contributed by atoms with van der Waals surface area (Å²) in [5.41, 5.74) is 2.35. The number of carbonyl (C=O) groups is 1. The lowest BCUT2D eigenvalue weighted by molar-refractivity contribution is -0.126. The number of carbonyl (C=O) groups excluding carboxylic acids is 1. The predicted octanol–water partition coefficient (Wildman–Crippen LogP) is 4.84. The number of rotatable bonds is 6. The lowest BCUT2D eigenvalue weighted by Gasteiger charge is -2.57. The van der Waals surface area contributed by atoms with E-state index < -0.39 is 0 Å². The summed E-state index contributed by atoms with van der Waals surface area (Å²) in [7, 11) is 0. The van der Waals surface area contributed by atoms with Gasteiger partial charge in [0, 0.05) is 17.6 Å². The fourth-order valence-electron chi connectivity index (χ4n) is 6.52. The summed E-state index contributed by atoms with van der Waals surface area (Å²) in [4.78, 5) is 13.2. The van der Waals surface area contributed by atoms with Crippen molar-refractivity contribution >= 4 is 17.7 Å². The van der Waals surface area contributed by atoms with Crippen molar-refractivity contribution in [1.82, 2.24) is 20.1 Å². The fraction of sp³-hybridized carbons (Fsp3) is 0.625. The van der Waals surface area contributed by atoms with E-state index in [2.05, 4.69) is 46.1 Å². The Hall–Kier alpha value is -1.82. The standard InChI is InChI=1S/C24H32N4OS/c1-4-28-21(20-8-6-5-7-15(20)2)26-27-23(28)30-16(3)22(29)25-24-12-17-9-18(13-24)11-19(10-17)14-24/h5-8,16-19H,4,9-14H2,1-3H3,(H,25,29)/t16-,17?,18?,19?,24?/m0/s1. The maximum atomic E-state index is 13.2. The lowest BCUT2D eigenvalue weighted by atomic mass is 9.53. The van der Waals surface area contributed by atoms with Crippen LogP contribution in [0.4, 0.5) is 0 Å². The van der Waals surface area contributed by atoms with Crippen LogP contribution < -0.4 is 5.32 Å². The summed E-state index contributed by atoms with van der Waals surface area (Å²) >= 11 is 1.53. The van der Waals surface area contributed by atoms with Gasteiger partial charge in [-0.3, -0.25) is 4.79 Å². The second kappa shape index (κ2) is 7.70. The molecule has 0 unspecified atom stereocenters. The summed E-state index contributed by atoms with van der Waals surface area (Å²) in [6.45, 7) is 6.98. The Morgan fingerprint density at radius 2 is 1.80 bits per heavy atom. The second-order valence-corrected chi connectivity index (χ2v) is 11.1. The molecule has 6 rings (SSSR count). The number of aryl methyl sites for hydroxylation is 1. The number of hydrogen-bond donors (Lipinski definition) is 1. The number of thioether (sulfide) groups is 1. The van der Waals surface area contributed by atoms with Gasteiger partial charge in [0.1, 0.15) is 0 Å². The van der Waals surface area contributed by atoms with Crippen LogP contribution in [-0.4, -0.2) is 31.5 Å². The van der Waals surface area contributed by atoms with Gasteiger partial charge < -0.3 is 9.88 Å². The minimum absolute atomic E-state index is 0.0609. The number of benzene rings is 1. The molecule has 4 aliphatic carbocycles. The van der Waals surface area contributed by atoms with Crippen LogP contribution in [0.3, 0.4) is 0 Å². The molecular weight excluding hydrogens is 392 g/mol. The SMILES string of the molecule is CCn1c(S[C@@H](C)C(=O)NC23CC4CC(CC(C4)C2)C3)nnc1-c1ccccc1C. The van der Waals surface area contributed by atoms with Crippen LogP contribution in [0.25, 0.3) is 11.4 Å². The molecule has 1 atom stereocenters. The first kappa shape index (κ1) is 20.1. The molecule has 1 heterocycles. The zero-order chi connectivity index (χ0) is 20.9. The molecular formula is C24H32N4OS. The first-order chi connectivity index (χ1) is 14.5. The molecule has 6 heteroatoms. The minimum atomic E-state index is -0.183. The molecule has 0 spiro atoms. The van der Waals surface area contributed by atoms with Crippen molar-refractivity contribution in [1.29, 1.82) is 0 Å². The molecule has 5 nitrogen and oxygen atoms in total. The summed E-state index contributed by atoms with van der Waals surface area (Å²) in [5.74, 6) is 3.54. The number of aromatic nitrogens is 3. The van der Waals surface area contributed by atoms with Crippen LogP contribution in [0, 0.1) is 24.7 Å². The van der Waals surface area contributed by atoms with Crippen molar-refractivity contribution in [3.05, 3.63) is 29.8 Å². The van der Waals surface area contributed by atoms with Gasteiger partial charge in [-0.25, -0.2) is 0 Å². The Balaban J connectivity index is 1.30. The number of amides is 1. The summed E-state index contributed by atoms with van der Waals surface area (Å²) in [6, 6.07) is 8.25. The van der Waals surface area contributed by atoms with E-state index in [-0.39, 0.29) is 16.7 Å². The maximum Gasteiger partial charge on any atom is 0.233 e. The van der Waals surface area contributed by atoms with Gasteiger partial charge in [-0.15, -0.1) is 10.2 Å². The van der Waals surface area contributed by atoms with Gasteiger partial charge in [-0.2, -0.15) is 0 Å². The molecule has 30 heavy (non-hydrogen) atoms. The normalized spacial score (nSPS) is 30.4. The highest BCUT2D eigenvalue weighted by molar-refractivity contribution is 8.00. The molecule has 2 aromatic rings. The van der Waals surface area contributed by atoms with Gasteiger partial charge in [-0.1, -0.05) is 36.0 Å². The van der Waals surface area contributed by atoms with E-state index in [9.17, 15) is 4.79 Å². The number of nitrogens with zero attached hydrogens (tertiary/aromatic N) is 3. The quantitative estimate of drug-likeness (QED) is 0.674. The van der Waals surface area contributed by atoms with Crippen molar-refractivity contribution in [2.75, 3.05) is 0 Å². The van der Waals surface area contributed by atoms with Crippen molar-refractivity contribution in [3.63, 3.8) is 0 Å². The van der Waals surface area contributed by atoms with E-state index in [1.54, 1.807) is 0 Å². The van der Waals surface area contributed by atoms with Crippen LogP contribution in [0.1, 0.15) is 57.9 Å². The van der Waals surface area contributed by atoms with Gasteiger partial charge in [0.05, 0.1) is 5.25 Å². The molecule has 0 aliphatic heterocycles. The third kappa shape index (κ3) is 3.57. The van der Waals surface area contributed by atoms with E-state index >= 15 is 0 Å². The zero-order valence-corrected chi connectivity index (χ0v) is 19.0. The van der Waals surface area contributed by atoms with Crippen LogP contribution in [0.2, 0.25) is 0 Å². The average Bonchev–Trinajstić information content (AvgIpc) is 3.09. The van der Waals surface area contributed by atoms with Crippen LogP contribution in [0.5, 0.6) is 0 Å². The summed E-state index contributed by atoms with van der Waals surface area (Å²) < 4.78 is 2.13. The molecule has 4 fully saturated rings. The van der Waals surface area contributed by atoms with Crippen molar-refractivity contribution in [2.24, 2.45) is 17.8 Å². The van der Waals surface area contributed by atoms with E-state index in [1.165, 1.54) is 55.9 Å². The van der Waals surface area contributed by atoms with E-state index in [0.717, 1.165) is 40.8 Å².